The number of anilines is 1. The Morgan fingerprint density at radius 3 is 2.81 bits per heavy atom. The van der Waals surface area contributed by atoms with Crippen molar-refractivity contribution in [2.75, 3.05) is 5.32 Å². The van der Waals surface area contributed by atoms with Crippen molar-refractivity contribution in [2.45, 2.75) is 6.92 Å². The van der Waals surface area contributed by atoms with Crippen LogP contribution in [0.3, 0.4) is 0 Å². The molecule has 0 saturated carbocycles. The zero-order chi connectivity index (χ0) is 15.0. The summed E-state index contributed by atoms with van der Waals surface area (Å²) in [5.74, 6) is 0.394. The largest absolute Gasteiger partial charge is 0.350 e. The predicted octanol–water partition coefficient (Wildman–Crippen LogP) is 4.58. The molecule has 0 aliphatic heterocycles. The molecule has 0 spiro atoms. The number of carbonyl (C=O) groups excluding carboxylic acids is 1. The van der Waals surface area contributed by atoms with Gasteiger partial charge in [-0.2, -0.15) is 0 Å². The van der Waals surface area contributed by atoms with Crippen molar-refractivity contribution in [3.05, 3.63) is 57.0 Å². The maximum atomic E-state index is 12.4. The molecule has 2 heterocycles. The number of nitrogens with one attached hydrogen (secondary N) is 2. The van der Waals surface area contributed by atoms with Crippen LogP contribution in [0.4, 0.5) is 5.82 Å². The molecule has 0 radical (unpaired) electrons. The van der Waals surface area contributed by atoms with Gasteiger partial charge in [0.05, 0.1) is 10.7 Å². The van der Waals surface area contributed by atoms with Crippen molar-refractivity contribution in [3.8, 4) is 0 Å². The van der Waals surface area contributed by atoms with E-state index >= 15 is 0 Å². The summed E-state index contributed by atoms with van der Waals surface area (Å²) in [6.07, 6.45) is 0. The first-order valence-electron chi connectivity index (χ1n) is 6.22. The minimum atomic E-state index is -0.237. The summed E-state index contributed by atoms with van der Waals surface area (Å²) >= 11 is 13.6. The first-order valence-corrected chi connectivity index (χ1v) is 7.79. The summed E-state index contributed by atoms with van der Waals surface area (Å²) in [4.78, 5) is 15.9. The molecule has 1 aromatic carbocycles. The third kappa shape index (κ3) is 2.88. The van der Waals surface area contributed by atoms with Crippen LogP contribution in [0.25, 0.3) is 10.1 Å². The number of benzene rings is 1. The maximum Gasteiger partial charge on any atom is 0.350 e. The van der Waals surface area contributed by atoms with Gasteiger partial charge in [-0.25, -0.2) is 15.1 Å². The Kier molecular flexibility index (Phi) is 3.85. The van der Waals surface area contributed by atoms with Gasteiger partial charge in [-0.15, -0.1) is 11.3 Å². The fourth-order valence-corrected chi connectivity index (χ4v) is 3.71. The molecule has 106 valence electrons. The van der Waals surface area contributed by atoms with Crippen LogP contribution in [-0.4, -0.2) is 5.91 Å². The van der Waals surface area contributed by atoms with Gasteiger partial charge in [0.1, 0.15) is 4.88 Å². The summed E-state index contributed by atoms with van der Waals surface area (Å²) in [5, 5.41) is 4.73. The van der Waals surface area contributed by atoms with E-state index in [4.69, 9.17) is 23.2 Å². The number of halogens is 2. The number of hydrogen-bond donors (Lipinski definition) is 1. The lowest BCUT2D eigenvalue weighted by molar-refractivity contribution is -0.370. The van der Waals surface area contributed by atoms with Crippen LogP contribution in [0.15, 0.2) is 36.4 Å². The van der Waals surface area contributed by atoms with Crippen LogP contribution in [-0.2, 0) is 0 Å². The number of H-pyrrole nitrogens is 1. The molecular weight excluding hydrogens is 327 g/mol. The van der Waals surface area contributed by atoms with Gasteiger partial charge in [-0.1, -0.05) is 35.3 Å². The number of rotatable bonds is 2. The number of fused-ring (bicyclic) bond motifs is 1. The number of carbonyl (C=O) groups is 1. The van der Waals surface area contributed by atoms with Gasteiger partial charge in [0.15, 0.2) is 0 Å². The minimum Gasteiger partial charge on any atom is -0.245 e. The number of hydrogen-bond acceptors (Lipinski definition) is 2. The summed E-state index contributed by atoms with van der Waals surface area (Å²) in [6, 6.07) is 11.0. The highest BCUT2D eigenvalue weighted by molar-refractivity contribution is 7.21. The lowest BCUT2D eigenvalue weighted by Crippen LogP contribution is -2.20. The molecule has 3 nitrogen and oxygen atoms in total. The number of amides is 1. The molecule has 2 N–H and O–H groups in total. The van der Waals surface area contributed by atoms with Crippen molar-refractivity contribution in [1.29, 1.82) is 0 Å². The van der Waals surface area contributed by atoms with Crippen molar-refractivity contribution >= 4 is 56.3 Å². The van der Waals surface area contributed by atoms with Crippen LogP contribution >= 0.6 is 34.5 Å². The topological polar surface area (TPSA) is 43.2 Å². The highest BCUT2D eigenvalue weighted by Gasteiger charge is 2.21. The summed E-state index contributed by atoms with van der Waals surface area (Å²) in [7, 11) is 0. The van der Waals surface area contributed by atoms with Gasteiger partial charge >= 0.3 is 5.91 Å². The van der Waals surface area contributed by atoms with Crippen LogP contribution in [0, 0.1) is 6.92 Å². The van der Waals surface area contributed by atoms with E-state index in [1.165, 1.54) is 11.3 Å². The molecule has 2 aromatic heterocycles. The maximum absolute atomic E-state index is 12.4. The van der Waals surface area contributed by atoms with Gasteiger partial charge in [0, 0.05) is 21.2 Å². The highest BCUT2D eigenvalue weighted by Crippen LogP contribution is 2.36. The second-order valence-corrected chi connectivity index (χ2v) is 6.45. The van der Waals surface area contributed by atoms with Gasteiger partial charge in [0.25, 0.3) is 5.82 Å². The molecule has 0 fully saturated rings. The first-order chi connectivity index (χ1) is 10.0. The average molecular weight is 338 g/mol. The molecule has 3 rings (SSSR count). The zero-order valence-corrected chi connectivity index (χ0v) is 13.4. The fourth-order valence-electron chi connectivity index (χ4n) is 2.02. The number of pyridine rings is 1. The SMILES string of the molecule is Cc1cccc(NC(=O)c2sc3cc(Cl)ccc3c2Cl)[nH+]1. The molecule has 0 aliphatic carbocycles. The average Bonchev–Trinajstić information content (AvgIpc) is 2.75. The Morgan fingerprint density at radius 1 is 1.24 bits per heavy atom. The Labute approximate surface area is 135 Å². The number of aryl methyl sites for hydroxylation is 1. The predicted molar refractivity (Wildman–Crippen MR) is 87.5 cm³/mol. The van der Waals surface area contributed by atoms with E-state index in [0.29, 0.717) is 20.7 Å². The van der Waals surface area contributed by atoms with E-state index in [2.05, 4.69) is 10.3 Å². The Balaban J connectivity index is 1.96. The van der Waals surface area contributed by atoms with Gasteiger partial charge in [-0.05, 0) is 25.1 Å². The summed E-state index contributed by atoms with van der Waals surface area (Å²) in [6.45, 7) is 1.92. The van der Waals surface area contributed by atoms with Gasteiger partial charge < -0.3 is 0 Å². The van der Waals surface area contributed by atoms with E-state index in [0.717, 1.165) is 15.8 Å². The normalized spacial score (nSPS) is 10.8. The van der Waals surface area contributed by atoms with E-state index < -0.39 is 0 Å². The van der Waals surface area contributed by atoms with E-state index in [1.807, 2.05) is 31.2 Å². The molecule has 1 amide bonds. The number of aromatic nitrogens is 1. The lowest BCUT2D eigenvalue weighted by atomic mass is 10.2. The molecule has 21 heavy (non-hydrogen) atoms. The van der Waals surface area contributed by atoms with Crippen molar-refractivity contribution in [3.63, 3.8) is 0 Å². The minimum absolute atomic E-state index is 0.237. The molecule has 6 heteroatoms. The fraction of sp³-hybridized carbons (Fsp3) is 0.0667. The standard InChI is InChI=1S/C15H10Cl2N2OS/c1-8-3-2-4-12(18-8)19-15(20)14-13(17)10-6-5-9(16)7-11(10)21-14/h2-7H,1H3,(H,18,19,20)/p+1. The van der Waals surface area contributed by atoms with E-state index in [9.17, 15) is 4.79 Å². The Bertz CT molecular complexity index is 845. The van der Waals surface area contributed by atoms with Gasteiger partial charge in [-0.3, -0.25) is 0 Å². The highest BCUT2D eigenvalue weighted by atomic mass is 35.5. The quantitative estimate of drug-likeness (QED) is 0.730. The Hall–Kier alpha value is -1.62. The molecule has 3 aromatic rings. The molecule has 0 aliphatic rings. The smallest absolute Gasteiger partial charge is 0.245 e. The molecule has 0 saturated heterocycles. The first kappa shape index (κ1) is 14.3. The van der Waals surface area contributed by atoms with Crippen molar-refractivity contribution < 1.29 is 9.78 Å². The van der Waals surface area contributed by atoms with Crippen molar-refractivity contribution in [1.82, 2.24) is 0 Å². The lowest BCUT2D eigenvalue weighted by Gasteiger charge is -1.97. The Morgan fingerprint density at radius 2 is 2.05 bits per heavy atom. The zero-order valence-electron chi connectivity index (χ0n) is 11.0. The van der Waals surface area contributed by atoms with Crippen LogP contribution in [0.1, 0.15) is 15.4 Å². The van der Waals surface area contributed by atoms with Crippen LogP contribution < -0.4 is 10.3 Å². The van der Waals surface area contributed by atoms with E-state index in [1.54, 1.807) is 12.1 Å². The monoisotopic (exact) mass is 337 g/mol. The van der Waals surface area contributed by atoms with Gasteiger partial charge in [0.2, 0.25) is 0 Å². The summed E-state index contributed by atoms with van der Waals surface area (Å²) in [5.41, 5.74) is 0.960. The van der Waals surface area contributed by atoms with E-state index in [-0.39, 0.29) is 5.91 Å². The second kappa shape index (κ2) is 5.64. The molecule has 0 atom stereocenters. The number of thiophene rings is 1. The number of aromatic amines is 1. The third-order valence-corrected chi connectivity index (χ3v) is 4.88. The summed E-state index contributed by atoms with van der Waals surface area (Å²) < 4.78 is 0.894. The molecular formula is C15H11Cl2N2OS+. The van der Waals surface area contributed by atoms with Crippen LogP contribution in [0.5, 0.6) is 0 Å². The molecule has 0 bridgehead atoms. The van der Waals surface area contributed by atoms with Crippen LogP contribution in [0.2, 0.25) is 10.0 Å². The van der Waals surface area contributed by atoms with Crippen molar-refractivity contribution in [2.24, 2.45) is 0 Å². The molecule has 0 unspecified atom stereocenters. The third-order valence-electron chi connectivity index (χ3n) is 2.99. The second-order valence-electron chi connectivity index (χ2n) is 4.59.